The lowest BCUT2D eigenvalue weighted by atomic mass is 9.97. The minimum atomic E-state index is 0.599. The third kappa shape index (κ3) is 2.55. The molecule has 0 amide bonds. The molecule has 0 atom stereocenters. The Hall–Kier alpha value is -0.335. The molecule has 0 saturated carbocycles. The Bertz CT molecular complexity index is 302. The van der Waals surface area contributed by atoms with E-state index in [1.54, 1.807) is 6.07 Å². The summed E-state index contributed by atoms with van der Waals surface area (Å²) in [5, 5.41) is 1.35. The highest BCUT2D eigenvalue weighted by Crippen LogP contribution is 2.31. The van der Waals surface area contributed by atoms with Crippen LogP contribution >= 0.6 is 23.2 Å². The maximum absolute atomic E-state index is 6.00. The van der Waals surface area contributed by atoms with Crippen molar-refractivity contribution in [3.05, 3.63) is 27.7 Å². The number of halogens is 2. The van der Waals surface area contributed by atoms with Crippen LogP contribution in [0.5, 0.6) is 5.75 Å². The average Bonchev–Trinajstić information content (AvgIpc) is 2.11. The van der Waals surface area contributed by atoms with Crippen LogP contribution in [0.15, 0.2) is 12.1 Å². The molecule has 0 unspecified atom stereocenters. The first kappa shape index (κ1) is 10.7. The minimum absolute atomic E-state index is 0.599. The van der Waals surface area contributed by atoms with Crippen molar-refractivity contribution in [1.29, 1.82) is 0 Å². The Labute approximate surface area is 89.4 Å². The zero-order chi connectivity index (χ0) is 9.84. The van der Waals surface area contributed by atoms with E-state index in [0.29, 0.717) is 17.4 Å². The first-order valence-electron chi connectivity index (χ1n) is 4.29. The monoisotopic (exact) mass is 216 g/mol. The Morgan fingerprint density at radius 3 is 2.54 bits per heavy atom. The molecule has 1 rings (SSSR count). The predicted molar refractivity (Wildman–Crippen MR) is 59.9 cm³/mol. The second kappa shape index (κ2) is 4.78. The Balaban J connectivity index is 3.05. The van der Waals surface area contributed by atoms with Crippen LogP contribution in [-0.4, -0.2) is 14.5 Å². The number of hydrogen-bond acceptors (Lipinski definition) is 1. The van der Waals surface area contributed by atoms with Crippen LogP contribution < -0.4 is 4.74 Å². The fourth-order valence-electron chi connectivity index (χ4n) is 1.11. The van der Waals surface area contributed by atoms with E-state index in [2.05, 4.69) is 0 Å². The van der Waals surface area contributed by atoms with Gasteiger partial charge in [-0.3, -0.25) is 0 Å². The van der Waals surface area contributed by atoms with Gasteiger partial charge in [0.15, 0.2) is 0 Å². The molecular formula is C9H11BCl2O. The molecule has 1 aromatic rings. The van der Waals surface area contributed by atoms with Gasteiger partial charge >= 0.3 is 0 Å². The van der Waals surface area contributed by atoms with E-state index in [4.69, 9.17) is 27.9 Å². The summed E-state index contributed by atoms with van der Waals surface area (Å²) in [6, 6.07) is 3.63. The number of hydrogen-bond donors (Lipinski definition) is 0. The molecule has 0 saturated heterocycles. The number of rotatable bonds is 3. The second-order valence-electron chi connectivity index (χ2n) is 2.66. The highest BCUT2D eigenvalue weighted by atomic mass is 35.5. The molecule has 0 spiro atoms. The van der Waals surface area contributed by atoms with Crippen molar-refractivity contribution in [3.8, 4) is 5.75 Å². The molecule has 0 aliphatic heterocycles. The predicted octanol–water partition coefficient (Wildman–Crippen LogP) is 2.53. The van der Waals surface area contributed by atoms with Crippen LogP contribution in [0.1, 0.15) is 12.5 Å². The van der Waals surface area contributed by atoms with E-state index in [-0.39, 0.29) is 0 Å². The quantitative estimate of drug-likeness (QED) is 0.706. The van der Waals surface area contributed by atoms with Crippen LogP contribution in [0.3, 0.4) is 0 Å². The maximum Gasteiger partial charge on any atom is 0.139 e. The Morgan fingerprint density at radius 1 is 1.31 bits per heavy atom. The van der Waals surface area contributed by atoms with E-state index < -0.39 is 0 Å². The van der Waals surface area contributed by atoms with E-state index in [1.807, 2.05) is 20.8 Å². The van der Waals surface area contributed by atoms with Gasteiger partial charge in [0.2, 0.25) is 0 Å². The molecule has 70 valence electrons. The summed E-state index contributed by atoms with van der Waals surface area (Å²) in [4.78, 5) is 0. The molecule has 1 nitrogen and oxygen atoms in total. The topological polar surface area (TPSA) is 9.23 Å². The van der Waals surface area contributed by atoms with Gasteiger partial charge in [0, 0.05) is 11.1 Å². The van der Waals surface area contributed by atoms with Gasteiger partial charge in [-0.15, -0.1) is 0 Å². The fraction of sp³-hybridized carbons (Fsp3) is 0.333. The Kier molecular flexibility index (Phi) is 3.95. The summed E-state index contributed by atoms with van der Waals surface area (Å²) in [6.07, 6.45) is 0.880. The standard InChI is InChI=1S/C9H11BCl2O/c1-2-13-9-4-7(11)6(5-10)3-8(9)12/h3-4H,2,5,10H2,1H3. The van der Waals surface area contributed by atoms with Crippen molar-refractivity contribution >= 4 is 31.0 Å². The summed E-state index contributed by atoms with van der Waals surface area (Å²) < 4.78 is 5.30. The summed E-state index contributed by atoms with van der Waals surface area (Å²) in [5.41, 5.74) is 1.05. The van der Waals surface area contributed by atoms with Gasteiger partial charge in [-0.25, -0.2) is 0 Å². The zero-order valence-electron chi connectivity index (χ0n) is 7.73. The molecule has 0 aliphatic rings. The lowest BCUT2D eigenvalue weighted by Crippen LogP contribution is -1.94. The van der Waals surface area contributed by atoms with Crippen LogP contribution in [-0.2, 0) is 6.32 Å². The van der Waals surface area contributed by atoms with Crippen molar-refractivity contribution in [1.82, 2.24) is 0 Å². The van der Waals surface area contributed by atoms with Crippen molar-refractivity contribution < 1.29 is 4.74 Å². The van der Waals surface area contributed by atoms with Crippen molar-refractivity contribution in [2.75, 3.05) is 6.61 Å². The van der Waals surface area contributed by atoms with Gasteiger partial charge in [0.25, 0.3) is 0 Å². The number of ether oxygens (including phenoxy) is 1. The average molecular weight is 217 g/mol. The van der Waals surface area contributed by atoms with Crippen LogP contribution in [0.4, 0.5) is 0 Å². The lowest BCUT2D eigenvalue weighted by Gasteiger charge is -2.08. The zero-order valence-corrected chi connectivity index (χ0v) is 9.24. The van der Waals surface area contributed by atoms with Crippen molar-refractivity contribution in [3.63, 3.8) is 0 Å². The van der Waals surface area contributed by atoms with Crippen LogP contribution in [0, 0.1) is 0 Å². The summed E-state index contributed by atoms with van der Waals surface area (Å²) in [7, 11) is 2.04. The highest BCUT2D eigenvalue weighted by Gasteiger charge is 2.06. The van der Waals surface area contributed by atoms with Gasteiger partial charge in [0.1, 0.15) is 13.6 Å². The third-order valence-electron chi connectivity index (χ3n) is 1.78. The molecule has 0 aliphatic carbocycles. The van der Waals surface area contributed by atoms with Crippen LogP contribution in [0.2, 0.25) is 10.0 Å². The third-order valence-corrected chi connectivity index (χ3v) is 2.43. The molecule has 1 aromatic carbocycles. The molecule has 0 heterocycles. The molecular weight excluding hydrogens is 206 g/mol. The molecule has 0 radical (unpaired) electrons. The normalized spacial score (nSPS) is 10.1. The van der Waals surface area contributed by atoms with E-state index in [1.165, 1.54) is 0 Å². The summed E-state index contributed by atoms with van der Waals surface area (Å²) in [6.45, 7) is 2.51. The molecule has 0 aromatic heterocycles. The smallest absolute Gasteiger partial charge is 0.139 e. The molecule has 0 bridgehead atoms. The van der Waals surface area contributed by atoms with Gasteiger partial charge < -0.3 is 4.74 Å². The summed E-state index contributed by atoms with van der Waals surface area (Å²) in [5.74, 6) is 0.659. The van der Waals surface area contributed by atoms with Crippen molar-refractivity contribution in [2.24, 2.45) is 0 Å². The first-order chi connectivity index (χ1) is 6.19. The largest absolute Gasteiger partial charge is 0.492 e. The summed E-state index contributed by atoms with van der Waals surface area (Å²) >= 11 is 12.0. The molecule has 4 heteroatoms. The Morgan fingerprint density at radius 2 is 2.00 bits per heavy atom. The maximum atomic E-state index is 6.00. The minimum Gasteiger partial charge on any atom is -0.492 e. The van der Waals surface area contributed by atoms with E-state index >= 15 is 0 Å². The van der Waals surface area contributed by atoms with Gasteiger partial charge in [-0.05, 0) is 18.6 Å². The molecule has 0 fully saturated rings. The molecule has 13 heavy (non-hydrogen) atoms. The van der Waals surface area contributed by atoms with Crippen LogP contribution in [0.25, 0.3) is 0 Å². The van der Waals surface area contributed by atoms with Gasteiger partial charge in [-0.2, -0.15) is 0 Å². The van der Waals surface area contributed by atoms with Gasteiger partial charge in [0.05, 0.1) is 11.6 Å². The van der Waals surface area contributed by atoms with Crippen molar-refractivity contribution in [2.45, 2.75) is 13.2 Å². The van der Waals surface area contributed by atoms with Gasteiger partial charge in [-0.1, -0.05) is 29.5 Å². The fourth-order valence-corrected chi connectivity index (χ4v) is 1.63. The highest BCUT2D eigenvalue weighted by molar-refractivity contribution is 6.35. The second-order valence-corrected chi connectivity index (χ2v) is 3.48. The first-order valence-corrected chi connectivity index (χ1v) is 5.05. The lowest BCUT2D eigenvalue weighted by molar-refractivity contribution is 0.340. The van der Waals surface area contributed by atoms with E-state index in [9.17, 15) is 0 Å². The van der Waals surface area contributed by atoms with E-state index in [0.717, 1.165) is 16.9 Å². The molecule has 0 N–H and O–H groups in total. The SMILES string of the molecule is BCc1cc(Cl)c(OCC)cc1Cl. The number of benzene rings is 1.